The first-order valence-corrected chi connectivity index (χ1v) is 6.93. The number of halogens is 2. The molecule has 2 atom stereocenters. The molecule has 2 unspecified atom stereocenters. The van der Waals surface area contributed by atoms with E-state index in [1.807, 2.05) is 0 Å². The van der Waals surface area contributed by atoms with Crippen LogP contribution in [0.5, 0.6) is 5.75 Å². The molecule has 4 nitrogen and oxygen atoms in total. The van der Waals surface area contributed by atoms with Crippen LogP contribution in [-0.2, 0) is 0 Å². The van der Waals surface area contributed by atoms with E-state index in [1.54, 1.807) is 6.92 Å². The average molecular weight is 302 g/mol. The number of hydrogen-bond acceptors (Lipinski definition) is 3. The van der Waals surface area contributed by atoms with Crippen LogP contribution in [0.25, 0.3) is 0 Å². The number of carbonyl (C=O) groups excluding carboxylic acids is 1. The number of aliphatic hydroxyl groups excluding tert-OH is 1. The van der Waals surface area contributed by atoms with Crippen molar-refractivity contribution in [2.45, 2.75) is 25.9 Å². The zero-order chi connectivity index (χ0) is 14.9. The standard InChI is InChI=1S/C14H17ClFNO3/c1-8(18)9-3-2-4-17(7-9)14(20)11-5-10(16)6-12(15)13(11)19/h5-6,8-9,18-19H,2-4,7H2,1H3. The molecule has 2 rings (SSSR count). The molecular weight excluding hydrogens is 285 g/mol. The number of benzene rings is 1. The molecule has 0 spiro atoms. The normalized spacial score (nSPS) is 20.8. The summed E-state index contributed by atoms with van der Waals surface area (Å²) in [5.74, 6) is -1.54. The third-order valence-corrected chi connectivity index (χ3v) is 3.97. The van der Waals surface area contributed by atoms with Gasteiger partial charge in [-0.1, -0.05) is 11.6 Å². The summed E-state index contributed by atoms with van der Waals surface area (Å²) < 4.78 is 13.3. The molecule has 1 saturated heterocycles. The Hall–Kier alpha value is -1.33. The maximum Gasteiger partial charge on any atom is 0.257 e. The lowest BCUT2D eigenvalue weighted by atomic mass is 9.93. The highest BCUT2D eigenvalue weighted by atomic mass is 35.5. The van der Waals surface area contributed by atoms with Gasteiger partial charge in [-0.2, -0.15) is 0 Å². The second-order valence-corrected chi connectivity index (χ2v) is 5.59. The second-order valence-electron chi connectivity index (χ2n) is 5.18. The summed E-state index contributed by atoms with van der Waals surface area (Å²) in [6, 6.07) is 1.94. The number of rotatable bonds is 2. The summed E-state index contributed by atoms with van der Waals surface area (Å²) in [6.07, 6.45) is 1.11. The van der Waals surface area contributed by atoms with Crippen molar-refractivity contribution in [2.75, 3.05) is 13.1 Å². The minimum Gasteiger partial charge on any atom is -0.506 e. The van der Waals surface area contributed by atoms with Gasteiger partial charge in [-0.25, -0.2) is 4.39 Å². The van der Waals surface area contributed by atoms with E-state index >= 15 is 0 Å². The fourth-order valence-corrected chi connectivity index (χ4v) is 2.69. The van der Waals surface area contributed by atoms with Gasteiger partial charge in [0.05, 0.1) is 16.7 Å². The van der Waals surface area contributed by atoms with Crippen LogP contribution in [0.15, 0.2) is 12.1 Å². The lowest BCUT2D eigenvalue weighted by Crippen LogP contribution is -2.43. The van der Waals surface area contributed by atoms with E-state index in [1.165, 1.54) is 4.90 Å². The van der Waals surface area contributed by atoms with Gasteiger partial charge in [-0.3, -0.25) is 4.79 Å². The van der Waals surface area contributed by atoms with Gasteiger partial charge in [0, 0.05) is 19.0 Å². The van der Waals surface area contributed by atoms with Crippen molar-refractivity contribution >= 4 is 17.5 Å². The van der Waals surface area contributed by atoms with E-state index in [4.69, 9.17) is 11.6 Å². The van der Waals surface area contributed by atoms with Crippen LogP contribution < -0.4 is 0 Å². The van der Waals surface area contributed by atoms with Gasteiger partial charge >= 0.3 is 0 Å². The Morgan fingerprint density at radius 1 is 1.55 bits per heavy atom. The highest BCUT2D eigenvalue weighted by Gasteiger charge is 2.29. The topological polar surface area (TPSA) is 60.8 Å². The van der Waals surface area contributed by atoms with Gasteiger partial charge in [0.25, 0.3) is 5.91 Å². The van der Waals surface area contributed by atoms with Crippen molar-refractivity contribution in [3.8, 4) is 5.75 Å². The molecule has 1 aromatic carbocycles. The van der Waals surface area contributed by atoms with Gasteiger partial charge < -0.3 is 15.1 Å². The smallest absolute Gasteiger partial charge is 0.257 e. The number of aromatic hydroxyl groups is 1. The highest BCUT2D eigenvalue weighted by Crippen LogP contribution is 2.31. The Kier molecular flexibility index (Phi) is 4.50. The Bertz CT molecular complexity index is 521. The molecule has 0 aliphatic carbocycles. The zero-order valence-corrected chi connectivity index (χ0v) is 11.9. The number of piperidine rings is 1. The number of nitrogens with zero attached hydrogens (tertiary/aromatic N) is 1. The van der Waals surface area contributed by atoms with Crippen molar-refractivity contribution in [3.05, 3.63) is 28.5 Å². The van der Waals surface area contributed by atoms with E-state index in [2.05, 4.69) is 0 Å². The number of phenolic OH excluding ortho intramolecular Hbond substituents is 1. The van der Waals surface area contributed by atoms with E-state index < -0.39 is 23.6 Å². The van der Waals surface area contributed by atoms with Gasteiger partial charge in [0.15, 0.2) is 0 Å². The lowest BCUT2D eigenvalue weighted by Gasteiger charge is -2.34. The van der Waals surface area contributed by atoms with Gasteiger partial charge in [-0.15, -0.1) is 0 Å². The van der Waals surface area contributed by atoms with Crippen LogP contribution in [0, 0.1) is 11.7 Å². The van der Waals surface area contributed by atoms with Crippen molar-refractivity contribution in [2.24, 2.45) is 5.92 Å². The lowest BCUT2D eigenvalue weighted by molar-refractivity contribution is 0.0463. The summed E-state index contributed by atoms with van der Waals surface area (Å²) in [5.41, 5.74) is -0.138. The minimum absolute atomic E-state index is 0.00104. The molecule has 1 aliphatic heterocycles. The van der Waals surface area contributed by atoms with Gasteiger partial charge in [0.1, 0.15) is 11.6 Å². The first-order chi connectivity index (χ1) is 9.40. The first-order valence-electron chi connectivity index (χ1n) is 6.55. The molecule has 1 heterocycles. The predicted molar refractivity (Wildman–Crippen MR) is 73.4 cm³/mol. The van der Waals surface area contributed by atoms with E-state index in [-0.39, 0.29) is 16.5 Å². The summed E-state index contributed by atoms with van der Waals surface area (Å²) >= 11 is 5.68. The molecular formula is C14H17ClFNO3. The molecule has 2 N–H and O–H groups in total. The number of hydrogen-bond donors (Lipinski definition) is 2. The summed E-state index contributed by atoms with van der Waals surface area (Å²) in [7, 11) is 0. The maximum absolute atomic E-state index is 13.3. The molecule has 1 aromatic rings. The Labute approximate surface area is 121 Å². The average Bonchev–Trinajstić information content (AvgIpc) is 2.42. The summed E-state index contributed by atoms with van der Waals surface area (Å²) in [5, 5.41) is 19.2. The Morgan fingerprint density at radius 3 is 2.90 bits per heavy atom. The fourth-order valence-electron chi connectivity index (χ4n) is 2.49. The SMILES string of the molecule is CC(O)C1CCCN(C(=O)c2cc(F)cc(Cl)c2O)C1. The van der Waals surface area contributed by atoms with Crippen LogP contribution in [-0.4, -0.2) is 40.2 Å². The predicted octanol–water partition coefficient (Wildman–Crippen LogP) is 2.42. The molecule has 110 valence electrons. The number of aliphatic hydroxyl groups is 1. The molecule has 0 bridgehead atoms. The maximum atomic E-state index is 13.3. The van der Waals surface area contributed by atoms with Crippen LogP contribution in [0.3, 0.4) is 0 Å². The van der Waals surface area contributed by atoms with E-state index in [9.17, 15) is 19.4 Å². The Morgan fingerprint density at radius 2 is 2.25 bits per heavy atom. The van der Waals surface area contributed by atoms with Crippen LogP contribution in [0.4, 0.5) is 4.39 Å². The second kappa shape index (κ2) is 5.97. The fraction of sp³-hybridized carbons (Fsp3) is 0.500. The summed E-state index contributed by atoms with van der Waals surface area (Å²) in [6.45, 7) is 2.61. The highest BCUT2D eigenvalue weighted by molar-refractivity contribution is 6.32. The third-order valence-electron chi connectivity index (χ3n) is 3.69. The quantitative estimate of drug-likeness (QED) is 0.882. The molecule has 0 saturated carbocycles. The number of carbonyl (C=O) groups is 1. The van der Waals surface area contributed by atoms with Crippen molar-refractivity contribution < 1.29 is 19.4 Å². The van der Waals surface area contributed by atoms with Crippen molar-refractivity contribution in [3.63, 3.8) is 0 Å². The van der Waals surface area contributed by atoms with E-state index in [0.29, 0.717) is 13.1 Å². The molecule has 20 heavy (non-hydrogen) atoms. The summed E-state index contributed by atoms with van der Waals surface area (Å²) in [4.78, 5) is 13.9. The molecule has 1 aliphatic rings. The van der Waals surface area contributed by atoms with Crippen LogP contribution in [0.1, 0.15) is 30.1 Å². The largest absolute Gasteiger partial charge is 0.506 e. The molecule has 1 fully saturated rings. The first kappa shape index (κ1) is 15.1. The van der Waals surface area contributed by atoms with Crippen molar-refractivity contribution in [1.82, 2.24) is 4.90 Å². The molecule has 6 heteroatoms. The third kappa shape index (κ3) is 3.04. The number of amides is 1. The van der Waals surface area contributed by atoms with Crippen LogP contribution in [0.2, 0.25) is 5.02 Å². The number of likely N-dealkylation sites (tertiary alicyclic amines) is 1. The zero-order valence-electron chi connectivity index (χ0n) is 11.1. The van der Waals surface area contributed by atoms with E-state index in [0.717, 1.165) is 25.0 Å². The molecule has 1 amide bonds. The monoisotopic (exact) mass is 301 g/mol. The van der Waals surface area contributed by atoms with Gasteiger partial charge in [0.2, 0.25) is 0 Å². The molecule has 0 radical (unpaired) electrons. The Balaban J connectivity index is 2.23. The minimum atomic E-state index is -0.666. The van der Waals surface area contributed by atoms with Crippen molar-refractivity contribution in [1.29, 1.82) is 0 Å². The van der Waals surface area contributed by atoms with Crippen LogP contribution >= 0.6 is 11.6 Å². The molecule has 0 aromatic heterocycles. The number of phenols is 1. The van der Waals surface area contributed by atoms with Gasteiger partial charge in [-0.05, 0) is 31.9 Å².